The lowest BCUT2D eigenvalue weighted by Crippen LogP contribution is -2.29. The van der Waals surface area contributed by atoms with Crippen molar-refractivity contribution in [3.8, 4) is 0 Å². The maximum Gasteiger partial charge on any atom is 0.299 e. The molecule has 0 radical (unpaired) electrons. The Kier molecular flexibility index (Phi) is 3.26. The Morgan fingerprint density at radius 1 is 1.33 bits per heavy atom. The molecule has 3 rings (SSSR count). The Balaban J connectivity index is 1.89. The van der Waals surface area contributed by atoms with Crippen LogP contribution in [0.2, 0.25) is 0 Å². The number of carbonyl (C=O) groups is 2. The van der Waals surface area contributed by atoms with Crippen LogP contribution in [0.4, 0.5) is 10.1 Å². The van der Waals surface area contributed by atoms with E-state index in [2.05, 4.69) is 5.16 Å². The number of Topliss-reactive ketones (excluding diaryl/α,β-unsaturated/α-hetero) is 1. The van der Waals surface area contributed by atoms with Crippen molar-refractivity contribution in [2.45, 2.75) is 13.2 Å². The van der Waals surface area contributed by atoms with Gasteiger partial charge in [-0.25, -0.2) is 4.39 Å². The Hall–Kier alpha value is -2.54. The summed E-state index contributed by atoms with van der Waals surface area (Å²) in [6.45, 7) is 0.345. The highest BCUT2D eigenvalue weighted by Crippen LogP contribution is 2.30. The van der Waals surface area contributed by atoms with Gasteiger partial charge in [-0.05, 0) is 18.2 Å². The number of carbonyl (C=O) groups excluding carboxylic acids is 2. The first kappa shape index (κ1) is 13.4. The van der Waals surface area contributed by atoms with Crippen LogP contribution in [0.3, 0.4) is 0 Å². The number of aromatic nitrogens is 1. The predicted molar refractivity (Wildman–Crippen MR) is 69.1 cm³/mol. The number of ketones is 1. The molecule has 2 heterocycles. The molecule has 2 aromatic rings. The van der Waals surface area contributed by atoms with Crippen molar-refractivity contribution in [1.29, 1.82) is 0 Å². The van der Waals surface area contributed by atoms with Crippen LogP contribution >= 0.6 is 0 Å². The summed E-state index contributed by atoms with van der Waals surface area (Å²) < 4.78 is 23.1. The summed E-state index contributed by atoms with van der Waals surface area (Å²) in [5.74, 6) is -1.46. The lowest BCUT2D eigenvalue weighted by atomic mass is 10.1. The standard InChI is InChI=1S/C14H11FN2O4/c1-20-7-10-5-9(16-21-10)6-17-12-3-2-8(15)4-11(12)13(18)14(17)19/h2-5H,6-7H2,1H3. The average Bonchev–Trinajstić information content (AvgIpc) is 2.99. The Morgan fingerprint density at radius 3 is 2.90 bits per heavy atom. The fourth-order valence-electron chi connectivity index (χ4n) is 2.23. The summed E-state index contributed by atoms with van der Waals surface area (Å²) in [7, 11) is 1.52. The highest BCUT2D eigenvalue weighted by molar-refractivity contribution is 6.52. The first-order chi connectivity index (χ1) is 10.1. The normalized spacial score (nSPS) is 13.9. The quantitative estimate of drug-likeness (QED) is 0.801. The molecular formula is C14H11FN2O4. The predicted octanol–water partition coefficient (Wildman–Crippen LogP) is 1.69. The zero-order chi connectivity index (χ0) is 15.0. The van der Waals surface area contributed by atoms with Crippen molar-refractivity contribution in [2.24, 2.45) is 0 Å². The van der Waals surface area contributed by atoms with E-state index in [1.165, 1.54) is 24.1 Å². The van der Waals surface area contributed by atoms with Gasteiger partial charge in [-0.15, -0.1) is 0 Å². The summed E-state index contributed by atoms with van der Waals surface area (Å²) in [5.41, 5.74) is 0.934. The van der Waals surface area contributed by atoms with Gasteiger partial charge in [0.1, 0.15) is 18.1 Å². The fraction of sp³-hybridized carbons (Fsp3) is 0.214. The molecule has 21 heavy (non-hydrogen) atoms. The number of hydrogen-bond donors (Lipinski definition) is 0. The van der Waals surface area contributed by atoms with Crippen molar-refractivity contribution in [2.75, 3.05) is 12.0 Å². The number of hydrogen-bond acceptors (Lipinski definition) is 5. The summed E-state index contributed by atoms with van der Waals surface area (Å²) >= 11 is 0. The molecule has 0 unspecified atom stereocenters. The molecule has 1 aromatic carbocycles. The molecule has 1 aliphatic heterocycles. The number of rotatable bonds is 4. The zero-order valence-electron chi connectivity index (χ0n) is 11.1. The fourth-order valence-corrected chi connectivity index (χ4v) is 2.23. The van der Waals surface area contributed by atoms with E-state index >= 15 is 0 Å². The van der Waals surface area contributed by atoms with Crippen LogP contribution in [0.1, 0.15) is 21.8 Å². The van der Waals surface area contributed by atoms with E-state index in [-0.39, 0.29) is 18.7 Å². The number of ether oxygens (including phenoxy) is 1. The largest absolute Gasteiger partial charge is 0.377 e. The number of fused-ring (bicyclic) bond motifs is 1. The molecule has 0 atom stereocenters. The second kappa shape index (κ2) is 5.10. The third kappa shape index (κ3) is 2.31. The Morgan fingerprint density at radius 2 is 2.14 bits per heavy atom. The van der Waals surface area contributed by atoms with E-state index in [4.69, 9.17) is 9.26 Å². The van der Waals surface area contributed by atoms with Crippen LogP contribution in [0.15, 0.2) is 28.8 Å². The van der Waals surface area contributed by atoms with Gasteiger partial charge in [0.05, 0.1) is 17.8 Å². The molecule has 0 bridgehead atoms. The first-order valence-electron chi connectivity index (χ1n) is 6.19. The van der Waals surface area contributed by atoms with Crippen molar-refractivity contribution >= 4 is 17.4 Å². The first-order valence-corrected chi connectivity index (χ1v) is 6.19. The summed E-state index contributed by atoms with van der Waals surface area (Å²) in [6.07, 6.45) is 0. The summed E-state index contributed by atoms with van der Waals surface area (Å²) in [6, 6.07) is 5.32. The molecule has 0 saturated heterocycles. The summed E-state index contributed by atoms with van der Waals surface area (Å²) in [4.78, 5) is 25.1. The number of amides is 1. The van der Waals surface area contributed by atoms with Crippen molar-refractivity contribution in [1.82, 2.24) is 5.16 Å². The van der Waals surface area contributed by atoms with E-state index in [1.54, 1.807) is 6.07 Å². The zero-order valence-corrected chi connectivity index (χ0v) is 11.1. The van der Waals surface area contributed by atoms with Crippen molar-refractivity contribution in [3.05, 3.63) is 47.1 Å². The minimum absolute atomic E-state index is 0.0700. The minimum Gasteiger partial charge on any atom is -0.377 e. The maximum absolute atomic E-state index is 13.2. The molecule has 7 heteroatoms. The molecule has 1 amide bonds. The van der Waals surface area contributed by atoms with Gasteiger partial charge in [0.25, 0.3) is 11.7 Å². The maximum atomic E-state index is 13.2. The van der Waals surface area contributed by atoms with Crippen LogP contribution in [0.25, 0.3) is 0 Å². The lowest BCUT2D eigenvalue weighted by Gasteiger charge is -2.14. The second-order valence-electron chi connectivity index (χ2n) is 4.60. The van der Waals surface area contributed by atoms with Crippen LogP contribution in [-0.2, 0) is 22.7 Å². The molecule has 1 aromatic heterocycles. The van der Waals surface area contributed by atoms with E-state index in [1.807, 2.05) is 0 Å². The Labute approximate surface area is 119 Å². The number of halogens is 1. The van der Waals surface area contributed by atoms with Gasteiger partial charge in [-0.1, -0.05) is 5.16 Å². The van der Waals surface area contributed by atoms with Gasteiger partial charge in [0, 0.05) is 13.2 Å². The number of benzene rings is 1. The molecule has 0 aliphatic carbocycles. The van der Waals surface area contributed by atoms with Gasteiger partial charge in [0.15, 0.2) is 5.76 Å². The van der Waals surface area contributed by atoms with Crippen molar-refractivity contribution < 1.29 is 23.2 Å². The molecule has 6 nitrogen and oxygen atoms in total. The van der Waals surface area contributed by atoms with Gasteiger partial charge < -0.3 is 9.26 Å². The van der Waals surface area contributed by atoms with Gasteiger partial charge in [-0.3, -0.25) is 14.5 Å². The van der Waals surface area contributed by atoms with Gasteiger partial charge in [0.2, 0.25) is 0 Å². The lowest BCUT2D eigenvalue weighted by molar-refractivity contribution is -0.114. The topological polar surface area (TPSA) is 72.6 Å². The summed E-state index contributed by atoms with van der Waals surface area (Å²) in [5, 5.41) is 3.81. The third-order valence-electron chi connectivity index (χ3n) is 3.15. The monoisotopic (exact) mass is 290 g/mol. The number of nitrogens with zero attached hydrogens (tertiary/aromatic N) is 2. The minimum atomic E-state index is -0.717. The van der Waals surface area contributed by atoms with Crippen LogP contribution in [0, 0.1) is 5.82 Å². The molecule has 1 aliphatic rings. The van der Waals surface area contributed by atoms with E-state index in [0.29, 0.717) is 17.1 Å². The Bertz CT molecular complexity index is 726. The highest BCUT2D eigenvalue weighted by atomic mass is 19.1. The van der Waals surface area contributed by atoms with E-state index in [9.17, 15) is 14.0 Å². The van der Waals surface area contributed by atoms with Crippen LogP contribution < -0.4 is 4.90 Å². The molecule has 0 saturated carbocycles. The van der Waals surface area contributed by atoms with Crippen LogP contribution in [0.5, 0.6) is 0 Å². The van der Waals surface area contributed by atoms with Crippen LogP contribution in [-0.4, -0.2) is 24.0 Å². The number of methoxy groups -OCH3 is 1. The molecule has 0 spiro atoms. The van der Waals surface area contributed by atoms with E-state index in [0.717, 1.165) is 6.07 Å². The SMILES string of the molecule is COCc1cc(CN2C(=O)C(=O)c3cc(F)ccc32)no1. The van der Waals surface area contributed by atoms with E-state index < -0.39 is 17.5 Å². The number of anilines is 1. The third-order valence-corrected chi connectivity index (χ3v) is 3.15. The molecular weight excluding hydrogens is 279 g/mol. The molecule has 108 valence electrons. The second-order valence-corrected chi connectivity index (χ2v) is 4.60. The highest BCUT2D eigenvalue weighted by Gasteiger charge is 2.36. The average molecular weight is 290 g/mol. The van der Waals surface area contributed by atoms with Gasteiger partial charge >= 0.3 is 0 Å². The van der Waals surface area contributed by atoms with Crippen molar-refractivity contribution in [3.63, 3.8) is 0 Å². The smallest absolute Gasteiger partial charge is 0.299 e. The molecule has 0 N–H and O–H groups in total. The van der Waals surface area contributed by atoms with Gasteiger partial charge in [-0.2, -0.15) is 0 Å². The molecule has 0 fully saturated rings.